The molecule has 0 bridgehead atoms. The lowest BCUT2D eigenvalue weighted by Gasteiger charge is -2.11. The summed E-state index contributed by atoms with van der Waals surface area (Å²) in [6.07, 6.45) is 2.92. The highest BCUT2D eigenvalue weighted by Gasteiger charge is 2.06. The summed E-state index contributed by atoms with van der Waals surface area (Å²) >= 11 is 0. The number of aromatic nitrogens is 1. The van der Waals surface area contributed by atoms with Crippen LogP contribution in [0, 0.1) is 5.82 Å². The molecule has 0 fully saturated rings. The minimum absolute atomic E-state index is 0.244. The van der Waals surface area contributed by atoms with Crippen molar-refractivity contribution in [3.05, 3.63) is 89.5 Å². The third-order valence-corrected chi connectivity index (χ3v) is 4.24. The Morgan fingerprint density at radius 2 is 1.69 bits per heavy atom. The molecule has 1 aromatic heterocycles. The lowest BCUT2D eigenvalue weighted by atomic mass is 10.1. The molecule has 0 aliphatic heterocycles. The molecule has 0 atom stereocenters. The maximum Gasteiger partial charge on any atom is 0.319 e. The molecule has 3 rings (SSSR count). The molecule has 0 aliphatic rings. The molecular formula is C21H22FN3O. The summed E-state index contributed by atoms with van der Waals surface area (Å²) in [5.74, 6) is -0.244. The van der Waals surface area contributed by atoms with E-state index in [2.05, 4.69) is 17.6 Å². The van der Waals surface area contributed by atoms with Gasteiger partial charge < -0.3 is 15.2 Å². The summed E-state index contributed by atoms with van der Waals surface area (Å²) in [6.45, 7) is 3.13. The second kappa shape index (κ2) is 8.34. The smallest absolute Gasteiger partial charge is 0.319 e. The third-order valence-electron chi connectivity index (χ3n) is 4.24. The molecular weight excluding hydrogens is 329 g/mol. The van der Waals surface area contributed by atoms with E-state index in [1.165, 1.54) is 17.7 Å². The standard InChI is InChI=1S/C21H22FN3O/c1-2-16-7-11-19(12-8-16)24-21(26)23-14-20-4-3-13-25(20)15-17-5-9-18(22)10-6-17/h3-13H,2,14-15H2,1H3,(H2,23,24,26). The fraction of sp³-hybridized carbons (Fsp3) is 0.190. The van der Waals surface area contributed by atoms with Crippen molar-refractivity contribution in [2.24, 2.45) is 0 Å². The zero-order valence-corrected chi connectivity index (χ0v) is 14.7. The van der Waals surface area contributed by atoms with E-state index in [4.69, 9.17) is 0 Å². The molecule has 26 heavy (non-hydrogen) atoms. The van der Waals surface area contributed by atoms with E-state index in [0.717, 1.165) is 23.4 Å². The number of urea groups is 1. The van der Waals surface area contributed by atoms with Crippen LogP contribution in [-0.4, -0.2) is 10.6 Å². The lowest BCUT2D eigenvalue weighted by molar-refractivity contribution is 0.251. The van der Waals surface area contributed by atoms with Crippen molar-refractivity contribution >= 4 is 11.7 Å². The largest absolute Gasteiger partial charge is 0.345 e. The maximum atomic E-state index is 13.0. The van der Waals surface area contributed by atoms with E-state index in [1.54, 1.807) is 12.1 Å². The van der Waals surface area contributed by atoms with Gasteiger partial charge >= 0.3 is 6.03 Å². The van der Waals surface area contributed by atoms with Gasteiger partial charge in [-0.25, -0.2) is 9.18 Å². The third kappa shape index (κ3) is 4.72. The topological polar surface area (TPSA) is 46.1 Å². The number of nitrogens with zero attached hydrogens (tertiary/aromatic N) is 1. The number of benzene rings is 2. The SMILES string of the molecule is CCc1ccc(NC(=O)NCc2cccn2Cc2ccc(F)cc2)cc1. The van der Waals surface area contributed by atoms with Crippen molar-refractivity contribution in [2.75, 3.05) is 5.32 Å². The van der Waals surface area contributed by atoms with E-state index in [9.17, 15) is 9.18 Å². The van der Waals surface area contributed by atoms with E-state index in [-0.39, 0.29) is 11.8 Å². The molecule has 0 unspecified atom stereocenters. The molecule has 0 aliphatic carbocycles. The van der Waals surface area contributed by atoms with Crippen molar-refractivity contribution in [3.63, 3.8) is 0 Å². The van der Waals surface area contributed by atoms with Crippen LogP contribution in [-0.2, 0) is 19.5 Å². The molecule has 134 valence electrons. The summed E-state index contributed by atoms with van der Waals surface area (Å²) in [6, 6.07) is 17.9. The minimum atomic E-state index is -0.246. The summed E-state index contributed by atoms with van der Waals surface area (Å²) in [5, 5.41) is 5.70. The zero-order valence-electron chi connectivity index (χ0n) is 14.7. The number of hydrogen-bond donors (Lipinski definition) is 2. The Bertz CT molecular complexity index is 854. The highest BCUT2D eigenvalue weighted by atomic mass is 19.1. The van der Waals surface area contributed by atoms with Crippen LogP contribution in [0.2, 0.25) is 0 Å². The van der Waals surface area contributed by atoms with Gasteiger partial charge in [-0.2, -0.15) is 0 Å². The monoisotopic (exact) mass is 351 g/mol. The Morgan fingerprint density at radius 1 is 1.00 bits per heavy atom. The predicted molar refractivity (Wildman–Crippen MR) is 102 cm³/mol. The summed E-state index contributed by atoms with van der Waals surface area (Å²) in [4.78, 5) is 12.1. The molecule has 0 radical (unpaired) electrons. The number of carbonyl (C=O) groups excluding carboxylic acids is 1. The fourth-order valence-corrected chi connectivity index (χ4v) is 2.72. The van der Waals surface area contributed by atoms with Gasteiger partial charge in [0.1, 0.15) is 5.82 Å². The number of amides is 2. The maximum absolute atomic E-state index is 13.0. The van der Waals surface area contributed by atoms with Crippen molar-refractivity contribution in [1.82, 2.24) is 9.88 Å². The second-order valence-electron chi connectivity index (χ2n) is 6.11. The van der Waals surface area contributed by atoms with Gasteiger partial charge in [0, 0.05) is 24.1 Å². The minimum Gasteiger partial charge on any atom is -0.345 e. The highest BCUT2D eigenvalue weighted by Crippen LogP contribution is 2.11. The summed E-state index contributed by atoms with van der Waals surface area (Å²) in [7, 11) is 0. The van der Waals surface area contributed by atoms with Crippen LogP contribution in [0.15, 0.2) is 66.9 Å². The molecule has 5 heteroatoms. The van der Waals surface area contributed by atoms with Crippen molar-refractivity contribution < 1.29 is 9.18 Å². The van der Waals surface area contributed by atoms with Crippen LogP contribution in [0.3, 0.4) is 0 Å². The Kier molecular flexibility index (Phi) is 5.69. The summed E-state index contributed by atoms with van der Waals surface area (Å²) < 4.78 is 15.0. The Morgan fingerprint density at radius 3 is 2.38 bits per heavy atom. The van der Waals surface area contributed by atoms with Crippen LogP contribution in [0.4, 0.5) is 14.9 Å². The van der Waals surface area contributed by atoms with E-state index in [1.807, 2.05) is 47.2 Å². The van der Waals surface area contributed by atoms with Gasteiger partial charge in [0.2, 0.25) is 0 Å². The average Bonchev–Trinajstić information content (AvgIpc) is 3.09. The molecule has 1 heterocycles. The molecule has 2 aromatic carbocycles. The molecule has 0 saturated heterocycles. The van der Waals surface area contributed by atoms with Gasteiger partial charge in [-0.3, -0.25) is 0 Å². The van der Waals surface area contributed by atoms with Crippen LogP contribution in [0.1, 0.15) is 23.7 Å². The first-order chi connectivity index (χ1) is 12.6. The summed E-state index contributed by atoms with van der Waals surface area (Å²) in [5.41, 5.74) is 3.98. The normalized spacial score (nSPS) is 10.5. The number of hydrogen-bond acceptors (Lipinski definition) is 1. The number of nitrogens with one attached hydrogen (secondary N) is 2. The first-order valence-corrected chi connectivity index (χ1v) is 8.66. The van der Waals surface area contributed by atoms with Crippen LogP contribution in [0.25, 0.3) is 0 Å². The Hall–Kier alpha value is -3.08. The van der Waals surface area contributed by atoms with Crippen LogP contribution >= 0.6 is 0 Å². The molecule has 2 amide bonds. The van der Waals surface area contributed by atoms with Gasteiger partial charge in [-0.05, 0) is 53.9 Å². The van der Waals surface area contributed by atoms with Gasteiger partial charge in [0.05, 0.1) is 6.54 Å². The van der Waals surface area contributed by atoms with E-state index < -0.39 is 0 Å². The van der Waals surface area contributed by atoms with Gasteiger partial charge in [0.15, 0.2) is 0 Å². The van der Waals surface area contributed by atoms with Gasteiger partial charge in [0.25, 0.3) is 0 Å². The highest BCUT2D eigenvalue weighted by molar-refractivity contribution is 5.89. The van der Waals surface area contributed by atoms with Crippen molar-refractivity contribution in [3.8, 4) is 0 Å². The molecule has 4 nitrogen and oxygen atoms in total. The Balaban J connectivity index is 1.55. The van der Waals surface area contributed by atoms with Crippen LogP contribution in [0.5, 0.6) is 0 Å². The molecule has 0 spiro atoms. The Labute approximate surface area is 152 Å². The molecule has 0 saturated carbocycles. The number of rotatable bonds is 6. The van der Waals surface area contributed by atoms with Gasteiger partial charge in [-0.1, -0.05) is 31.2 Å². The first-order valence-electron chi connectivity index (χ1n) is 8.66. The fourth-order valence-electron chi connectivity index (χ4n) is 2.72. The number of aryl methyl sites for hydroxylation is 1. The van der Waals surface area contributed by atoms with E-state index in [0.29, 0.717) is 13.1 Å². The number of halogens is 1. The lowest BCUT2D eigenvalue weighted by Crippen LogP contribution is -2.29. The first kappa shape index (κ1) is 17.7. The van der Waals surface area contributed by atoms with Crippen LogP contribution < -0.4 is 10.6 Å². The van der Waals surface area contributed by atoms with Crippen molar-refractivity contribution in [2.45, 2.75) is 26.4 Å². The molecule has 2 N–H and O–H groups in total. The number of anilines is 1. The van der Waals surface area contributed by atoms with E-state index >= 15 is 0 Å². The van der Waals surface area contributed by atoms with Crippen molar-refractivity contribution in [1.29, 1.82) is 0 Å². The zero-order chi connectivity index (χ0) is 18.4. The average molecular weight is 351 g/mol. The number of carbonyl (C=O) groups is 1. The molecule has 3 aromatic rings. The van der Waals surface area contributed by atoms with Gasteiger partial charge in [-0.15, -0.1) is 0 Å². The predicted octanol–water partition coefficient (Wildman–Crippen LogP) is 4.56. The second-order valence-corrected chi connectivity index (χ2v) is 6.11. The quantitative estimate of drug-likeness (QED) is 0.672.